The molecule has 0 spiro atoms. The van der Waals surface area contributed by atoms with Crippen LogP contribution in [0.4, 0.5) is 4.79 Å². The second-order valence-electron chi connectivity index (χ2n) is 5.00. The molecule has 0 aliphatic carbocycles. The van der Waals surface area contributed by atoms with Crippen LogP contribution >= 0.6 is 0 Å². The number of aliphatic hydroxyl groups is 2. The number of piperidine rings is 1. The number of carbonyl (C=O) groups is 2. The Morgan fingerprint density at radius 1 is 1.06 bits per heavy atom. The van der Waals surface area contributed by atoms with E-state index in [0.29, 0.717) is 19.5 Å². The average Bonchev–Trinajstić information content (AvgIpc) is 2.69. The van der Waals surface area contributed by atoms with Gasteiger partial charge < -0.3 is 25.7 Å². The van der Waals surface area contributed by atoms with E-state index < -0.39 is 18.2 Å². The van der Waals surface area contributed by atoms with Gasteiger partial charge >= 0.3 is 6.03 Å². The summed E-state index contributed by atoms with van der Waals surface area (Å²) in [5.74, 6) is -0.389. The molecular formula is C11H19N3O4. The number of β-amino-alcohol motifs (C(OH)–C–C–N with tert-alkyl or cyclic N) is 2. The number of primary amides is 1. The van der Waals surface area contributed by atoms with Gasteiger partial charge in [-0.1, -0.05) is 0 Å². The molecule has 2 saturated heterocycles. The zero-order valence-electron chi connectivity index (χ0n) is 10.2. The van der Waals surface area contributed by atoms with Crippen LogP contribution in [0.2, 0.25) is 0 Å². The van der Waals surface area contributed by atoms with Crippen LogP contribution < -0.4 is 5.73 Å². The van der Waals surface area contributed by atoms with Gasteiger partial charge in [0.15, 0.2) is 0 Å². The van der Waals surface area contributed by atoms with Crippen LogP contribution in [-0.2, 0) is 4.79 Å². The van der Waals surface area contributed by atoms with Gasteiger partial charge in [0, 0.05) is 26.2 Å². The van der Waals surface area contributed by atoms with E-state index in [1.807, 2.05) is 0 Å². The second kappa shape index (κ2) is 5.11. The largest absolute Gasteiger partial charge is 0.388 e. The molecule has 18 heavy (non-hydrogen) atoms. The Balaban J connectivity index is 1.95. The minimum absolute atomic E-state index is 0.114. The lowest BCUT2D eigenvalue weighted by Gasteiger charge is -2.32. The first-order valence-electron chi connectivity index (χ1n) is 6.18. The summed E-state index contributed by atoms with van der Waals surface area (Å²) >= 11 is 0. The number of nitrogens with two attached hydrogens (primary N) is 1. The van der Waals surface area contributed by atoms with Crippen molar-refractivity contribution in [1.82, 2.24) is 9.80 Å². The Kier molecular flexibility index (Phi) is 3.72. The highest BCUT2D eigenvalue weighted by Crippen LogP contribution is 2.21. The van der Waals surface area contributed by atoms with Gasteiger partial charge in [-0.3, -0.25) is 4.79 Å². The molecule has 2 aliphatic rings. The molecule has 0 aromatic heterocycles. The zero-order valence-corrected chi connectivity index (χ0v) is 10.2. The van der Waals surface area contributed by atoms with E-state index >= 15 is 0 Å². The maximum Gasteiger partial charge on any atom is 0.314 e. The summed E-state index contributed by atoms with van der Waals surface area (Å²) in [4.78, 5) is 26.2. The van der Waals surface area contributed by atoms with E-state index in [2.05, 4.69) is 0 Å². The predicted molar refractivity (Wildman–Crippen MR) is 62.5 cm³/mol. The Labute approximate surface area is 105 Å². The SMILES string of the molecule is NC(=O)N1CCCC(C(=O)N2CC(O)C(O)C2)C1. The Bertz CT molecular complexity index is 339. The third-order valence-corrected chi connectivity index (χ3v) is 3.65. The molecule has 0 aromatic rings. The summed E-state index contributed by atoms with van der Waals surface area (Å²) in [5, 5.41) is 18.9. The number of carbonyl (C=O) groups excluding carboxylic acids is 2. The molecule has 0 saturated carbocycles. The van der Waals surface area contributed by atoms with Crippen molar-refractivity contribution in [3.63, 3.8) is 0 Å². The van der Waals surface area contributed by atoms with Gasteiger partial charge in [-0.2, -0.15) is 0 Å². The van der Waals surface area contributed by atoms with Crippen molar-refractivity contribution in [3.8, 4) is 0 Å². The van der Waals surface area contributed by atoms with Gasteiger partial charge in [0.1, 0.15) is 0 Å². The summed E-state index contributed by atoms with van der Waals surface area (Å²) < 4.78 is 0. The van der Waals surface area contributed by atoms with E-state index in [1.54, 1.807) is 0 Å². The topological polar surface area (TPSA) is 107 Å². The fourth-order valence-corrected chi connectivity index (χ4v) is 2.59. The molecule has 7 heteroatoms. The first-order valence-corrected chi connectivity index (χ1v) is 6.18. The molecule has 102 valence electrons. The first-order chi connectivity index (χ1) is 8.49. The number of aliphatic hydroxyl groups excluding tert-OH is 2. The number of hydrogen-bond acceptors (Lipinski definition) is 4. The van der Waals surface area contributed by atoms with Crippen LogP contribution in [0.3, 0.4) is 0 Å². The van der Waals surface area contributed by atoms with Crippen LogP contribution in [0.15, 0.2) is 0 Å². The standard InChI is InChI=1S/C11H19N3O4/c12-11(18)13-3-1-2-7(4-13)10(17)14-5-8(15)9(16)6-14/h7-9,15-16H,1-6H2,(H2,12,18). The van der Waals surface area contributed by atoms with Crippen LogP contribution in [0.1, 0.15) is 12.8 Å². The molecule has 7 nitrogen and oxygen atoms in total. The summed E-state index contributed by atoms with van der Waals surface area (Å²) in [6.45, 7) is 1.24. The van der Waals surface area contributed by atoms with Crippen molar-refractivity contribution in [3.05, 3.63) is 0 Å². The molecule has 0 bridgehead atoms. The molecule has 0 radical (unpaired) electrons. The maximum atomic E-state index is 12.2. The molecular weight excluding hydrogens is 238 g/mol. The molecule has 2 rings (SSSR count). The van der Waals surface area contributed by atoms with Crippen LogP contribution in [-0.4, -0.2) is 70.3 Å². The zero-order chi connectivity index (χ0) is 13.3. The summed E-state index contributed by atoms with van der Waals surface area (Å²) in [6.07, 6.45) is -0.279. The van der Waals surface area contributed by atoms with Gasteiger partial charge in [0.2, 0.25) is 5.91 Å². The quantitative estimate of drug-likeness (QED) is 0.522. The van der Waals surface area contributed by atoms with Crippen LogP contribution in [0.25, 0.3) is 0 Å². The van der Waals surface area contributed by atoms with E-state index in [-0.39, 0.29) is 24.9 Å². The molecule has 3 atom stereocenters. The highest BCUT2D eigenvalue weighted by atomic mass is 16.3. The molecule has 2 aliphatic heterocycles. The number of likely N-dealkylation sites (tertiary alicyclic amines) is 2. The van der Waals surface area contributed by atoms with Crippen molar-refractivity contribution in [1.29, 1.82) is 0 Å². The van der Waals surface area contributed by atoms with E-state index in [9.17, 15) is 19.8 Å². The van der Waals surface area contributed by atoms with E-state index in [4.69, 9.17) is 5.73 Å². The van der Waals surface area contributed by atoms with E-state index in [1.165, 1.54) is 9.80 Å². The third kappa shape index (κ3) is 2.56. The van der Waals surface area contributed by atoms with Crippen molar-refractivity contribution in [2.75, 3.05) is 26.2 Å². The minimum atomic E-state index is -0.871. The smallest absolute Gasteiger partial charge is 0.314 e. The fourth-order valence-electron chi connectivity index (χ4n) is 2.59. The molecule has 2 heterocycles. The fraction of sp³-hybridized carbons (Fsp3) is 0.818. The highest BCUT2D eigenvalue weighted by Gasteiger charge is 2.37. The minimum Gasteiger partial charge on any atom is -0.388 e. The van der Waals surface area contributed by atoms with Crippen molar-refractivity contribution >= 4 is 11.9 Å². The van der Waals surface area contributed by atoms with Crippen LogP contribution in [0.5, 0.6) is 0 Å². The monoisotopic (exact) mass is 257 g/mol. The second-order valence-corrected chi connectivity index (χ2v) is 5.00. The van der Waals surface area contributed by atoms with Crippen molar-refractivity contribution in [2.45, 2.75) is 25.0 Å². The number of urea groups is 1. The van der Waals surface area contributed by atoms with Gasteiger partial charge in [0.25, 0.3) is 0 Å². The molecule has 0 aromatic carbocycles. The average molecular weight is 257 g/mol. The molecule has 2 fully saturated rings. The molecule has 4 N–H and O–H groups in total. The lowest BCUT2D eigenvalue weighted by Crippen LogP contribution is -2.48. The van der Waals surface area contributed by atoms with Gasteiger partial charge in [-0.05, 0) is 12.8 Å². The normalized spacial score (nSPS) is 32.7. The molecule has 3 amide bonds. The van der Waals surface area contributed by atoms with Crippen molar-refractivity contribution < 1.29 is 19.8 Å². The third-order valence-electron chi connectivity index (χ3n) is 3.65. The van der Waals surface area contributed by atoms with Gasteiger partial charge in [-0.25, -0.2) is 4.79 Å². The summed E-state index contributed by atoms with van der Waals surface area (Å²) in [7, 11) is 0. The van der Waals surface area contributed by atoms with E-state index in [0.717, 1.165) is 6.42 Å². The maximum absolute atomic E-state index is 12.2. The summed E-state index contributed by atoms with van der Waals surface area (Å²) in [5.41, 5.74) is 5.21. The Morgan fingerprint density at radius 2 is 1.67 bits per heavy atom. The number of hydrogen-bond donors (Lipinski definition) is 3. The number of rotatable bonds is 1. The highest BCUT2D eigenvalue weighted by molar-refractivity contribution is 5.81. The number of amides is 3. The Morgan fingerprint density at radius 3 is 2.22 bits per heavy atom. The lowest BCUT2D eigenvalue weighted by atomic mass is 9.97. The van der Waals surface area contributed by atoms with Gasteiger partial charge in [-0.15, -0.1) is 0 Å². The summed E-state index contributed by atoms with van der Waals surface area (Å²) in [6, 6.07) is -0.506. The predicted octanol–water partition coefficient (Wildman–Crippen LogP) is -1.66. The lowest BCUT2D eigenvalue weighted by molar-refractivity contribution is -0.136. The first kappa shape index (κ1) is 13.1. The molecule has 3 unspecified atom stereocenters. The van der Waals surface area contributed by atoms with Crippen molar-refractivity contribution in [2.24, 2.45) is 11.7 Å². The number of nitrogens with zero attached hydrogens (tertiary/aromatic N) is 2. The van der Waals surface area contributed by atoms with Crippen LogP contribution in [0, 0.1) is 5.92 Å². The van der Waals surface area contributed by atoms with Gasteiger partial charge in [0.05, 0.1) is 18.1 Å². The Hall–Kier alpha value is -1.34.